The maximum absolute atomic E-state index is 13.3. The number of aryl methyl sites for hydroxylation is 5. The fraction of sp³-hybridized carbons (Fsp3) is 0.229. The average molecular weight is 1890 g/mol. The summed E-state index contributed by atoms with van der Waals surface area (Å²) in [5, 5.41) is 36.5. The molecule has 5 atom stereocenters. The fourth-order valence-corrected chi connectivity index (χ4v) is 18.2. The van der Waals surface area contributed by atoms with Crippen LogP contribution in [0.1, 0.15) is 229 Å². The lowest BCUT2D eigenvalue weighted by molar-refractivity contribution is -0.118. The Kier molecular flexibility index (Phi) is 27.1. The Morgan fingerprint density at radius 2 is 0.765 bits per heavy atom. The maximum Gasteiger partial charge on any atom is 0.409 e. The van der Waals surface area contributed by atoms with Crippen LogP contribution in [0.5, 0.6) is 0 Å². The van der Waals surface area contributed by atoms with Crippen molar-refractivity contribution in [3.63, 3.8) is 0 Å². The number of amides is 1. The molecule has 21 rings (SSSR count). The molecule has 22 nitrogen and oxygen atoms in total. The van der Waals surface area contributed by atoms with Crippen LogP contribution in [0.3, 0.4) is 0 Å². The normalized spacial score (nSPS) is 16.4. The number of nitrogens with zero attached hydrogens (tertiary/aromatic N) is 11. The van der Waals surface area contributed by atoms with E-state index in [4.69, 9.17) is 105 Å². The van der Waals surface area contributed by atoms with Gasteiger partial charge >= 0.3 is 6.09 Å². The van der Waals surface area contributed by atoms with Crippen molar-refractivity contribution < 1.29 is 51.2 Å². The topological polar surface area (TPSA) is 289 Å². The Hall–Kier alpha value is -14.3. The molecule has 0 spiro atoms. The molecule has 1 amide bonds. The second-order valence-corrected chi connectivity index (χ2v) is 37.0. The van der Waals surface area contributed by atoms with Gasteiger partial charge in [0.1, 0.15) is 41.6 Å². The molecular formula is C109H93Cl4FN12O10. The number of nitrogens with one attached hydrogen (secondary N) is 1. The lowest BCUT2D eigenvalue weighted by atomic mass is 9.86. The number of aliphatic imine (C=N–C) groups is 5. The summed E-state index contributed by atoms with van der Waals surface area (Å²) in [5.74, 6) is 3.07. The number of hydrogen-bond donors (Lipinski definition) is 2. The predicted octanol–water partition coefficient (Wildman–Crippen LogP) is 27.1. The highest BCUT2D eigenvalue weighted by atomic mass is 35.5. The van der Waals surface area contributed by atoms with E-state index >= 15 is 0 Å². The zero-order chi connectivity index (χ0) is 95.7. The number of ether oxygens (including phenoxy) is 1. The van der Waals surface area contributed by atoms with Gasteiger partial charge in [-0.3, -0.25) is 39.9 Å². The van der Waals surface area contributed by atoms with Crippen LogP contribution in [0.15, 0.2) is 278 Å². The third kappa shape index (κ3) is 19.7. The first-order valence-electron chi connectivity index (χ1n) is 44.5. The minimum Gasteiger partial charge on any atom is -0.450 e. The summed E-state index contributed by atoms with van der Waals surface area (Å²) in [4.78, 5) is 64.3. The molecule has 6 aliphatic rings. The minimum atomic E-state index is -0.770. The molecule has 1 aliphatic carbocycles. The van der Waals surface area contributed by atoms with E-state index in [9.17, 15) is 23.9 Å². The molecule has 136 heavy (non-hydrogen) atoms. The summed E-state index contributed by atoms with van der Waals surface area (Å²) in [6.45, 7) is 30.7. The zero-order valence-electron chi connectivity index (χ0n) is 76.5. The van der Waals surface area contributed by atoms with Gasteiger partial charge in [-0.2, -0.15) is 0 Å². The molecule has 0 saturated heterocycles. The summed E-state index contributed by atoms with van der Waals surface area (Å²) in [6.07, 6.45) is 1.62. The first-order valence-corrected chi connectivity index (χ1v) is 46.0. The van der Waals surface area contributed by atoms with Crippen molar-refractivity contribution in [2.75, 3.05) is 6.61 Å². The lowest BCUT2D eigenvalue weighted by Gasteiger charge is -2.22. The quantitative estimate of drug-likeness (QED) is 0.101. The molecule has 5 aliphatic heterocycles. The van der Waals surface area contributed by atoms with Crippen LogP contribution in [0.4, 0.5) is 14.9 Å². The summed E-state index contributed by atoms with van der Waals surface area (Å²) >= 11 is 24.5. The van der Waals surface area contributed by atoms with Gasteiger partial charge in [0.05, 0.1) is 104 Å². The molecule has 1 saturated carbocycles. The number of aliphatic hydroxyl groups is 1. The maximum atomic E-state index is 13.3. The third-order valence-electron chi connectivity index (χ3n) is 24.1. The van der Waals surface area contributed by atoms with Crippen molar-refractivity contribution in [3.8, 4) is 55.6 Å². The van der Waals surface area contributed by atoms with E-state index in [0.29, 0.717) is 43.7 Å². The van der Waals surface area contributed by atoms with Crippen molar-refractivity contribution >= 4 is 98.3 Å². The average Bonchev–Trinajstić information content (AvgIpc) is 1.63. The van der Waals surface area contributed by atoms with E-state index in [1.54, 1.807) is 44.2 Å². The van der Waals surface area contributed by atoms with Crippen molar-refractivity contribution in [3.05, 3.63) is 386 Å². The van der Waals surface area contributed by atoms with Crippen LogP contribution in [-0.4, -0.2) is 83.7 Å². The molecule has 10 aromatic carbocycles. The largest absolute Gasteiger partial charge is 0.450 e. The summed E-state index contributed by atoms with van der Waals surface area (Å²) in [7, 11) is 0. The monoisotopic (exact) mass is 1890 g/mol. The molecule has 5 aromatic heterocycles. The number of carbonyl (C=O) groups excluding carboxylic acids is 3. The van der Waals surface area contributed by atoms with Gasteiger partial charge in [-0.05, 0) is 205 Å². The zero-order valence-corrected chi connectivity index (χ0v) is 79.5. The standard InChI is InChI=1S/C24H22N2O3.C23H23ClN2O.C22H16ClN3O2.C21H18ClN3O3.C19H14ClFN2O/c1-14(27)13-20-23-21(15(2)26-29-23)18-5-3-4-6-19(18)22(25-20)16-7-9-17(10-8-16)24(28)11-12-24;1-14-20-17-7-5-6-8-18(17)21(15-9-11-16(24)12-10-15)25-19(13-23(2,3)4)22(20)27-26-14;1-12(27)10-19-22-20(13(2)26-28-22)17-9-8-16(24-3)11-18(17)21(25-19)14-4-6-15(23)7-5-14;1-3-27-21(26)24-20-19-17(12(2)25-28-19)15-6-4-5-7-16(15)18(23-20)13-8-10-14(22)11-9-13;1-10-17-15-8-5-13(20)9-16(15)18(12-3-6-14(21)7-4-12)22-11(2)19(17)24-23-10/h3-10,20,28H,11-13H2,1-2H3;5-12,19H,13H2,1-4H3;4-9,11,19H,10H2,1-2H3;4-11,20H,3H2,1-2H3,(H,24,26);3-9,11H,1-2H3/t20-;2*19-;;11-/m000.1/s1. The van der Waals surface area contributed by atoms with Gasteiger partial charge in [0, 0.05) is 83.0 Å². The first-order chi connectivity index (χ1) is 65.4. The molecule has 27 heteroatoms. The fourth-order valence-electron chi connectivity index (χ4n) is 17.7. The van der Waals surface area contributed by atoms with E-state index in [0.717, 1.165) is 204 Å². The SMILES string of the molecule is CC(=O)C[C@@H]1N=C(c2ccc(C3(O)CC3)cc2)c2ccccc2-c2c(C)noc21.CCOC(=O)NC1N=C(c2ccc(Cl)cc2)c2ccccc2-c2c(C)noc21.Cc1noc2c1-c1ccc(Cl)cc1C(c1ccc(F)cc1)=N[C@@H]2C.Cc1noc2c1-c1ccccc1C(c1ccc(Cl)cc1)=N[C@H]2CC(C)(C)C.[C-]#[N+]c1ccc2c(c1)C(c1ccc(Cl)cc1)=N[C@@H](CC(C)=O)c1onc(C)c1-2. The van der Waals surface area contributed by atoms with E-state index in [1.165, 1.54) is 19.1 Å². The first kappa shape index (κ1) is 93.6. The number of aromatic nitrogens is 5. The lowest BCUT2D eigenvalue weighted by Crippen LogP contribution is -2.28. The minimum absolute atomic E-state index is 0.0111. The van der Waals surface area contributed by atoms with Gasteiger partial charge in [-0.25, -0.2) is 14.0 Å². The highest BCUT2D eigenvalue weighted by Crippen LogP contribution is 2.50. The molecule has 0 radical (unpaired) electrons. The summed E-state index contributed by atoms with van der Waals surface area (Å²) in [5.41, 5.74) is 27.7. The second kappa shape index (κ2) is 39.4. The van der Waals surface area contributed by atoms with Crippen LogP contribution >= 0.6 is 46.4 Å². The van der Waals surface area contributed by atoms with Crippen molar-refractivity contribution in [2.24, 2.45) is 30.4 Å². The van der Waals surface area contributed by atoms with Crippen LogP contribution in [0, 0.1) is 52.4 Å². The van der Waals surface area contributed by atoms with Gasteiger partial charge in [-0.15, -0.1) is 0 Å². The highest BCUT2D eigenvalue weighted by molar-refractivity contribution is 6.33. The van der Waals surface area contributed by atoms with Crippen molar-refractivity contribution in [2.45, 2.75) is 151 Å². The Bertz CT molecular complexity index is 7330. The highest BCUT2D eigenvalue weighted by Gasteiger charge is 2.43. The molecule has 1 fully saturated rings. The van der Waals surface area contributed by atoms with Crippen LogP contribution in [0.25, 0.3) is 60.5 Å². The van der Waals surface area contributed by atoms with Gasteiger partial charge < -0.3 is 32.5 Å². The molecule has 2 N–H and O–H groups in total. The second-order valence-electron chi connectivity index (χ2n) is 35.3. The van der Waals surface area contributed by atoms with Crippen LogP contribution < -0.4 is 5.32 Å². The van der Waals surface area contributed by atoms with E-state index < -0.39 is 29.9 Å². The molecule has 15 aromatic rings. The Balaban J connectivity index is 0.000000118. The summed E-state index contributed by atoms with van der Waals surface area (Å²) < 4.78 is 46.5. The number of halogens is 5. The Morgan fingerprint density at radius 1 is 0.434 bits per heavy atom. The molecule has 10 heterocycles. The number of Topliss-reactive ketones (excluding diaryl/α,β-unsaturated/α-hetero) is 2. The van der Waals surface area contributed by atoms with E-state index in [-0.39, 0.29) is 54.3 Å². The van der Waals surface area contributed by atoms with Crippen LogP contribution in [-0.2, 0) is 19.9 Å². The number of alkyl carbamates (subject to hydrolysis) is 1. The van der Waals surface area contributed by atoms with Gasteiger partial charge in [0.25, 0.3) is 0 Å². The number of fused-ring (bicyclic) bond motifs is 15. The number of rotatable bonds is 13. The van der Waals surface area contributed by atoms with E-state index in [2.05, 4.69) is 81.0 Å². The molecule has 684 valence electrons. The molecular weight excluding hydrogens is 1800 g/mol. The Morgan fingerprint density at radius 3 is 1.18 bits per heavy atom. The van der Waals surface area contributed by atoms with Crippen molar-refractivity contribution in [1.29, 1.82) is 0 Å². The number of ketones is 2. The number of hydrogen-bond acceptors (Lipinski definition) is 20. The van der Waals surface area contributed by atoms with Gasteiger partial charge in [-0.1, -0.05) is 245 Å². The number of carbonyl (C=O) groups is 3. The smallest absolute Gasteiger partial charge is 0.409 e. The van der Waals surface area contributed by atoms with Crippen LogP contribution in [0.2, 0.25) is 20.1 Å². The van der Waals surface area contributed by atoms with Gasteiger partial charge in [0.15, 0.2) is 40.7 Å². The predicted molar refractivity (Wildman–Crippen MR) is 527 cm³/mol. The Labute approximate surface area is 805 Å². The number of benzene rings is 10. The van der Waals surface area contributed by atoms with E-state index in [1.807, 2.05) is 205 Å². The van der Waals surface area contributed by atoms with Crippen molar-refractivity contribution in [1.82, 2.24) is 31.1 Å². The third-order valence-corrected chi connectivity index (χ3v) is 25.1. The molecule has 0 bridgehead atoms. The summed E-state index contributed by atoms with van der Waals surface area (Å²) in [6, 6.07) is 71.3. The van der Waals surface area contributed by atoms with Gasteiger partial charge in [0.2, 0.25) is 0 Å². The molecule has 1 unspecified atom stereocenters.